The van der Waals surface area contributed by atoms with Crippen LogP contribution < -0.4 is 0 Å². The monoisotopic (exact) mass is 458 g/mol. The lowest BCUT2D eigenvalue weighted by Crippen LogP contribution is -2.50. The van der Waals surface area contributed by atoms with E-state index in [0.717, 1.165) is 12.3 Å². The predicted molar refractivity (Wildman–Crippen MR) is 108 cm³/mol. The number of hydrogen-bond acceptors (Lipinski definition) is 4. The van der Waals surface area contributed by atoms with Gasteiger partial charge in [0, 0.05) is 38.0 Å². The van der Waals surface area contributed by atoms with Gasteiger partial charge >= 0.3 is 0 Å². The summed E-state index contributed by atoms with van der Waals surface area (Å²) in [6, 6.07) is 7.68. The van der Waals surface area contributed by atoms with E-state index in [9.17, 15) is 22.4 Å². The van der Waals surface area contributed by atoms with Crippen molar-refractivity contribution in [1.29, 1.82) is 0 Å². The minimum atomic E-state index is -3.57. The molecule has 0 unspecified atom stereocenters. The van der Waals surface area contributed by atoms with Crippen LogP contribution >= 0.6 is 23.2 Å². The summed E-state index contributed by atoms with van der Waals surface area (Å²) < 4.78 is 36.8. The van der Waals surface area contributed by atoms with Crippen LogP contribution in [0.1, 0.15) is 20.7 Å². The first-order valence-corrected chi connectivity index (χ1v) is 11.3. The van der Waals surface area contributed by atoms with Crippen LogP contribution in [0.15, 0.2) is 41.3 Å². The number of rotatable bonds is 3. The highest BCUT2D eigenvalue weighted by atomic mass is 35.5. The van der Waals surface area contributed by atoms with E-state index in [4.69, 9.17) is 23.2 Å². The minimum Gasteiger partial charge on any atom is -0.335 e. The Kier molecular flexibility index (Phi) is 6.16. The van der Waals surface area contributed by atoms with Crippen molar-refractivity contribution in [2.45, 2.75) is 4.90 Å². The van der Waals surface area contributed by atoms with E-state index in [1.54, 1.807) is 0 Å². The molecular weight excluding hydrogens is 442 g/mol. The van der Waals surface area contributed by atoms with E-state index in [1.165, 1.54) is 40.1 Å². The highest BCUT2D eigenvalue weighted by Gasteiger charge is 2.27. The normalized spacial score (nSPS) is 14.8. The highest BCUT2D eigenvalue weighted by molar-refractivity contribution is 7.90. The van der Waals surface area contributed by atoms with Crippen LogP contribution in [0.3, 0.4) is 0 Å². The fraction of sp³-hybridized carbons (Fsp3) is 0.263. The molecule has 1 saturated heterocycles. The second-order valence-corrected chi connectivity index (χ2v) is 9.42. The van der Waals surface area contributed by atoms with Gasteiger partial charge in [-0.3, -0.25) is 9.59 Å². The Balaban J connectivity index is 1.71. The fourth-order valence-corrected chi connectivity index (χ4v) is 4.60. The summed E-state index contributed by atoms with van der Waals surface area (Å²) in [5, 5.41) is 0.0821. The number of sulfone groups is 1. The van der Waals surface area contributed by atoms with E-state index >= 15 is 0 Å². The van der Waals surface area contributed by atoms with Crippen LogP contribution in [0.25, 0.3) is 0 Å². The largest absolute Gasteiger partial charge is 0.335 e. The molecule has 0 aliphatic carbocycles. The molecule has 1 fully saturated rings. The van der Waals surface area contributed by atoms with Crippen LogP contribution in [0.4, 0.5) is 4.39 Å². The number of amides is 2. The Labute approximate surface area is 177 Å². The van der Waals surface area contributed by atoms with Crippen molar-refractivity contribution in [3.05, 3.63) is 63.4 Å². The van der Waals surface area contributed by atoms with E-state index < -0.39 is 15.7 Å². The average molecular weight is 459 g/mol. The van der Waals surface area contributed by atoms with E-state index in [2.05, 4.69) is 0 Å². The third kappa shape index (κ3) is 4.71. The number of hydrogen-bond donors (Lipinski definition) is 0. The maximum atomic E-state index is 13.2. The number of nitrogens with zero attached hydrogens (tertiary/aromatic N) is 2. The number of carbonyl (C=O) groups excluding carboxylic acids is 2. The first-order chi connectivity index (χ1) is 13.6. The number of benzene rings is 2. The summed E-state index contributed by atoms with van der Waals surface area (Å²) >= 11 is 11.9. The molecule has 2 amide bonds. The Morgan fingerprint density at radius 3 is 2.03 bits per heavy atom. The van der Waals surface area contributed by atoms with E-state index in [1.807, 2.05) is 0 Å². The van der Waals surface area contributed by atoms with Crippen LogP contribution in [-0.2, 0) is 9.84 Å². The van der Waals surface area contributed by atoms with E-state index in [0.29, 0.717) is 0 Å². The molecule has 1 aliphatic heterocycles. The van der Waals surface area contributed by atoms with Gasteiger partial charge in [0.25, 0.3) is 11.8 Å². The summed E-state index contributed by atoms with van der Waals surface area (Å²) in [7, 11) is -3.57. The molecule has 0 saturated carbocycles. The molecule has 10 heteroatoms. The van der Waals surface area contributed by atoms with Gasteiger partial charge < -0.3 is 9.80 Å². The van der Waals surface area contributed by atoms with Gasteiger partial charge in [-0.05, 0) is 36.4 Å². The van der Waals surface area contributed by atoms with Crippen molar-refractivity contribution in [3.63, 3.8) is 0 Å². The maximum Gasteiger partial charge on any atom is 0.255 e. The number of carbonyl (C=O) groups is 2. The van der Waals surface area contributed by atoms with Crippen molar-refractivity contribution < 1.29 is 22.4 Å². The zero-order valence-corrected chi connectivity index (χ0v) is 17.7. The molecule has 0 atom stereocenters. The highest BCUT2D eigenvalue weighted by Crippen LogP contribution is 2.24. The summed E-state index contributed by atoms with van der Waals surface area (Å²) in [5.41, 5.74) is 0.402. The third-order valence-electron chi connectivity index (χ3n) is 4.59. The molecule has 0 aromatic heterocycles. The molecule has 1 aliphatic rings. The van der Waals surface area contributed by atoms with Gasteiger partial charge in [0.2, 0.25) is 0 Å². The van der Waals surface area contributed by atoms with Gasteiger partial charge in [0.15, 0.2) is 9.84 Å². The molecule has 2 aromatic rings. The molecule has 3 rings (SSSR count). The summed E-state index contributed by atoms with van der Waals surface area (Å²) in [4.78, 5) is 28.3. The molecule has 1 heterocycles. The van der Waals surface area contributed by atoms with Crippen LogP contribution in [-0.4, -0.2) is 62.5 Å². The third-order valence-corrected chi connectivity index (χ3v) is 6.48. The van der Waals surface area contributed by atoms with Crippen molar-refractivity contribution >= 4 is 44.9 Å². The average Bonchev–Trinajstić information content (AvgIpc) is 2.66. The minimum absolute atomic E-state index is 0.0305. The lowest BCUT2D eigenvalue weighted by atomic mass is 10.1. The topological polar surface area (TPSA) is 74.8 Å². The van der Waals surface area contributed by atoms with Crippen molar-refractivity contribution in [1.82, 2.24) is 9.80 Å². The Morgan fingerprint density at radius 1 is 0.897 bits per heavy atom. The number of halogens is 3. The van der Waals surface area contributed by atoms with Gasteiger partial charge in [-0.25, -0.2) is 12.8 Å². The van der Waals surface area contributed by atoms with Gasteiger partial charge in [0.1, 0.15) is 5.82 Å². The molecule has 2 aromatic carbocycles. The van der Waals surface area contributed by atoms with Crippen LogP contribution in [0, 0.1) is 5.82 Å². The van der Waals surface area contributed by atoms with Crippen molar-refractivity contribution in [2.75, 3.05) is 32.4 Å². The zero-order chi connectivity index (χ0) is 21.3. The molecule has 0 N–H and O–H groups in total. The first-order valence-electron chi connectivity index (χ1n) is 8.61. The SMILES string of the molecule is CS(=O)(=O)c1cc(C(=O)N2CCN(C(=O)c3ccc(F)cc3Cl)CC2)ccc1Cl. The van der Waals surface area contributed by atoms with Crippen molar-refractivity contribution in [2.24, 2.45) is 0 Å². The summed E-state index contributed by atoms with van der Waals surface area (Å²) in [6.07, 6.45) is 1.02. The van der Waals surface area contributed by atoms with Gasteiger partial charge in [-0.2, -0.15) is 0 Å². The van der Waals surface area contributed by atoms with Crippen LogP contribution in [0.2, 0.25) is 10.0 Å². The molecular formula is C19H17Cl2FN2O4S. The standard InChI is InChI=1S/C19H17Cl2FN2O4S/c1-29(27,28)17-10-12(2-5-15(17)20)18(25)23-6-8-24(9-7-23)19(26)14-4-3-13(22)11-16(14)21/h2-5,10-11H,6-9H2,1H3. The van der Waals surface area contributed by atoms with Gasteiger partial charge in [-0.15, -0.1) is 0 Å². The Bertz CT molecular complexity index is 1080. The molecule has 0 bridgehead atoms. The van der Waals surface area contributed by atoms with E-state index in [-0.39, 0.29) is 64.1 Å². The Hall–Kier alpha value is -2.16. The second-order valence-electron chi connectivity index (χ2n) is 6.63. The lowest BCUT2D eigenvalue weighted by Gasteiger charge is -2.35. The Morgan fingerprint density at radius 2 is 1.48 bits per heavy atom. The molecule has 29 heavy (non-hydrogen) atoms. The predicted octanol–water partition coefficient (Wildman–Crippen LogP) is 3.13. The molecule has 6 nitrogen and oxygen atoms in total. The molecule has 154 valence electrons. The maximum absolute atomic E-state index is 13.2. The molecule has 0 spiro atoms. The van der Waals surface area contributed by atoms with Gasteiger partial charge in [-0.1, -0.05) is 23.2 Å². The lowest BCUT2D eigenvalue weighted by molar-refractivity contribution is 0.0535. The molecule has 0 radical (unpaired) electrons. The smallest absolute Gasteiger partial charge is 0.255 e. The summed E-state index contributed by atoms with van der Waals surface area (Å²) in [5.74, 6) is -1.22. The van der Waals surface area contributed by atoms with Crippen molar-refractivity contribution in [3.8, 4) is 0 Å². The summed E-state index contributed by atoms with van der Waals surface area (Å²) in [6.45, 7) is 1.07. The zero-order valence-electron chi connectivity index (χ0n) is 15.4. The fourth-order valence-electron chi connectivity index (χ4n) is 3.05. The quantitative estimate of drug-likeness (QED) is 0.707. The van der Waals surface area contributed by atoms with Gasteiger partial charge in [0.05, 0.1) is 20.5 Å². The van der Waals surface area contributed by atoms with Crippen LogP contribution in [0.5, 0.6) is 0 Å². The first kappa shape index (κ1) is 21.5. The second kappa shape index (κ2) is 8.30. The number of piperazine rings is 1.